The monoisotopic (exact) mass is 432 g/mol. The van der Waals surface area contributed by atoms with E-state index < -0.39 is 10.0 Å². The van der Waals surface area contributed by atoms with Gasteiger partial charge in [0.1, 0.15) is 6.61 Å². The third kappa shape index (κ3) is 5.63. The van der Waals surface area contributed by atoms with Crippen molar-refractivity contribution in [2.75, 3.05) is 12.4 Å². The Kier molecular flexibility index (Phi) is 6.64. The largest absolute Gasteiger partial charge is 0.493 e. The van der Waals surface area contributed by atoms with Crippen LogP contribution in [0.25, 0.3) is 0 Å². The maximum Gasteiger partial charge on any atom is 0.238 e. The fourth-order valence-corrected chi connectivity index (χ4v) is 3.50. The van der Waals surface area contributed by atoms with E-state index in [4.69, 9.17) is 26.2 Å². The molecule has 0 aliphatic carbocycles. The molecule has 0 fully saturated rings. The van der Waals surface area contributed by atoms with E-state index in [-0.39, 0.29) is 4.90 Å². The molecule has 0 aromatic heterocycles. The SMILES string of the molecule is COc1cccc(CNc2ccc(S(N)(=O)=O)cc2)c1OCc1cccc(Cl)c1. The number of methoxy groups -OCH3 is 1. The summed E-state index contributed by atoms with van der Waals surface area (Å²) in [5.41, 5.74) is 2.59. The highest BCUT2D eigenvalue weighted by Gasteiger charge is 2.12. The summed E-state index contributed by atoms with van der Waals surface area (Å²) in [6.45, 7) is 0.799. The highest BCUT2D eigenvalue weighted by Crippen LogP contribution is 2.32. The van der Waals surface area contributed by atoms with Gasteiger partial charge in [-0.3, -0.25) is 0 Å². The third-order valence-electron chi connectivity index (χ3n) is 4.22. The number of halogens is 1. The van der Waals surface area contributed by atoms with Crippen LogP contribution in [0.1, 0.15) is 11.1 Å². The number of anilines is 1. The Morgan fingerprint density at radius 2 is 1.76 bits per heavy atom. The molecular formula is C21H21ClN2O4S. The fourth-order valence-electron chi connectivity index (χ4n) is 2.77. The van der Waals surface area contributed by atoms with Crippen molar-refractivity contribution >= 4 is 27.3 Å². The Morgan fingerprint density at radius 1 is 1.03 bits per heavy atom. The lowest BCUT2D eigenvalue weighted by Gasteiger charge is -2.16. The first-order valence-electron chi connectivity index (χ1n) is 8.76. The molecule has 3 aromatic carbocycles. The topological polar surface area (TPSA) is 90.6 Å². The summed E-state index contributed by atoms with van der Waals surface area (Å²) in [6, 6.07) is 19.3. The fraction of sp³-hybridized carbons (Fsp3) is 0.143. The van der Waals surface area contributed by atoms with E-state index in [0.717, 1.165) is 16.8 Å². The zero-order chi connectivity index (χ0) is 20.9. The van der Waals surface area contributed by atoms with Gasteiger partial charge in [0.25, 0.3) is 0 Å². The average molecular weight is 433 g/mol. The Morgan fingerprint density at radius 3 is 2.41 bits per heavy atom. The minimum absolute atomic E-state index is 0.0648. The first-order chi connectivity index (χ1) is 13.9. The molecule has 3 N–H and O–H groups in total. The molecule has 0 spiro atoms. The lowest BCUT2D eigenvalue weighted by atomic mass is 10.1. The molecule has 3 rings (SSSR count). The van der Waals surface area contributed by atoms with Gasteiger partial charge >= 0.3 is 0 Å². The van der Waals surface area contributed by atoms with E-state index in [1.54, 1.807) is 19.2 Å². The molecule has 3 aromatic rings. The van der Waals surface area contributed by atoms with Gasteiger partial charge in [0.05, 0.1) is 12.0 Å². The number of primary sulfonamides is 1. The van der Waals surface area contributed by atoms with Crippen molar-refractivity contribution in [3.8, 4) is 11.5 Å². The molecular weight excluding hydrogens is 412 g/mol. The number of benzene rings is 3. The lowest BCUT2D eigenvalue weighted by molar-refractivity contribution is 0.281. The van der Waals surface area contributed by atoms with E-state index in [0.29, 0.717) is 29.7 Å². The van der Waals surface area contributed by atoms with E-state index in [2.05, 4.69) is 5.32 Å². The molecule has 0 saturated heterocycles. The van der Waals surface area contributed by atoms with Crippen LogP contribution in [0.5, 0.6) is 11.5 Å². The van der Waals surface area contributed by atoms with Crippen LogP contribution in [0.2, 0.25) is 5.02 Å². The van der Waals surface area contributed by atoms with Crippen molar-refractivity contribution in [2.24, 2.45) is 5.14 Å². The van der Waals surface area contributed by atoms with Crippen molar-refractivity contribution in [1.82, 2.24) is 0 Å². The molecule has 0 atom stereocenters. The summed E-state index contributed by atoms with van der Waals surface area (Å²) < 4.78 is 34.2. The molecule has 29 heavy (non-hydrogen) atoms. The third-order valence-corrected chi connectivity index (χ3v) is 5.38. The number of nitrogens with one attached hydrogen (secondary N) is 1. The second-order valence-electron chi connectivity index (χ2n) is 6.29. The number of rotatable bonds is 8. The average Bonchev–Trinajstić information content (AvgIpc) is 2.70. The molecule has 0 bridgehead atoms. The van der Waals surface area contributed by atoms with Crippen molar-refractivity contribution in [1.29, 1.82) is 0 Å². The molecule has 0 amide bonds. The number of hydrogen-bond acceptors (Lipinski definition) is 5. The molecule has 0 heterocycles. The standard InChI is InChI=1S/C21H21ClN2O4S/c1-27-20-7-3-5-16(21(20)28-14-15-4-2-6-17(22)12-15)13-24-18-8-10-19(11-9-18)29(23,25)26/h2-12,24H,13-14H2,1H3,(H2,23,25,26). The molecule has 152 valence electrons. The van der Waals surface area contributed by atoms with Crippen LogP contribution >= 0.6 is 11.6 Å². The Labute approximate surface area is 175 Å². The van der Waals surface area contributed by atoms with Crippen molar-refractivity contribution in [2.45, 2.75) is 18.0 Å². The Hall–Kier alpha value is -2.74. The number of para-hydroxylation sites is 1. The Balaban J connectivity index is 1.75. The van der Waals surface area contributed by atoms with Gasteiger partial charge in [-0.15, -0.1) is 0 Å². The molecule has 0 radical (unpaired) electrons. The van der Waals surface area contributed by atoms with Gasteiger partial charge in [0.15, 0.2) is 11.5 Å². The van der Waals surface area contributed by atoms with E-state index in [1.807, 2.05) is 42.5 Å². The van der Waals surface area contributed by atoms with Crippen LogP contribution in [0.15, 0.2) is 71.6 Å². The van der Waals surface area contributed by atoms with Gasteiger partial charge < -0.3 is 14.8 Å². The summed E-state index contributed by atoms with van der Waals surface area (Å²) >= 11 is 6.04. The zero-order valence-electron chi connectivity index (χ0n) is 15.8. The molecule has 0 saturated carbocycles. The van der Waals surface area contributed by atoms with Gasteiger partial charge in [-0.2, -0.15) is 0 Å². The predicted molar refractivity (Wildman–Crippen MR) is 114 cm³/mol. The first kappa shape index (κ1) is 21.0. The quantitative estimate of drug-likeness (QED) is 0.557. The normalized spacial score (nSPS) is 11.1. The summed E-state index contributed by atoms with van der Waals surface area (Å²) in [4.78, 5) is 0.0648. The van der Waals surface area contributed by atoms with Crippen LogP contribution in [0.4, 0.5) is 5.69 Å². The second-order valence-corrected chi connectivity index (χ2v) is 8.29. The van der Waals surface area contributed by atoms with E-state index in [1.165, 1.54) is 12.1 Å². The van der Waals surface area contributed by atoms with Crippen molar-refractivity contribution in [3.63, 3.8) is 0 Å². The minimum Gasteiger partial charge on any atom is -0.493 e. The van der Waals surface area contributed by atoms with Gasteiger partial charge in [0.2, 0.25) is 10.0 Å². The summed E-state index contributed by atoms with van der Waals surface area (Å²) in [7, 11) is -2.12. The molecule has 8 heteroatoms. The van der Waals surface area contributed by atoms with Crippen LogP contribution in [0, 0.1) is 0 Å². The molecule has 6 nitrogen and oxygen atoms in total. The van der Waals surface area contributed by atoms with Crippen LogP contribution < -0.4 is 19.9 Å². The summed E-state index contributed by atoms with van der Waals surface area (Å²) in [5, 5.41) is 9.02. The number of sulfonamides is 1. The predicted octanol–water partition coefficient (Wildman–Crippen LogP) is 4.19. The zero-order valence-corrected chi connectivity index (χ0v) is 17.3. The number of nitrogens with two attached hydrogens (primary N) is 1. The molecule has 0 aliphatic rings. The molecule has 0 aliphatic heterocycles. The highest BCUT2D eigenvalue weighted by molar-refractivity contribution is 7.89. The highest BCUT2D eigenvalue weighted by atomic mass is 35.5. The van der Waals surface area contributed by atoms with Gasteiger partial charge in [0, 0.05) is 22.8 Å². The van der Waals surface area contributed by atoms with Crippen molar-refractivity contribution in [3.05, 3.63) is 82.9 Å². The smallest absolute Gasteiger partial charge is 0.238 e. The summed E-state index contributed by atoms with van der Waals surface area (Å²) in [6.07, 6.45) is 0. The maximum atomic E-state index is 11.4. The number of hydrogen-bond donors (Lipinski definition) is 2. The van der Waals surface area contributed by atoms with Crippen LogP contribution in [-0.4, -0.2) is 15.5 Å². The molecule has 0 unspecified atom stereocenters. The van der Waals surface area contributed by atoms with Crippen molar-refractivity contribution < 1.29 is 17.9 Å². The van der Waals surface area contributed by atoms with Crippen LogP contribution in [0.3, 0.4) is 0 Å². The van der Waals surface area contributed by atoms with E-state index in [9.17, 15) is 8.42 Å². The second kappa shape index (κ2) is 9.17. The summed E-state index contributed by atoms with van der Waals surface area (Å²) in [5.74, 6) is 1.25. The maximum absolute atomic E-state index is 11.4. The number of ether oxygens (including phenoxy) is 2. The van der Waals surface area contributed by atoms with Crippen LogP contribution in [-0.2, 0) is 23.2 Å². The lowest BCUT2D eigenvalue weighted by Crippen LogP contribution is -2.12. The van der Waals surface area contributed by atoms with Gasteiger partial charge in [-0.1, -0.05) is 35.9 Å². The van der Waals surface area contributed by atoms with Gasteiger partial charge in [-0.25, -0.2) is 13.6 Å². The van der Waals surface area contributed by atoms with E-state index >= 15 is 0 Å². The van der Waals surface area contributed by atoms with Gasteiger partial charge in [-0.05, 0) is 48.0 Å². The first-order valence-corrected chi connectivity index (χ1v) is 10.7. The minimum atomic E-state index is -3.71. The Bertz CT molecular complexity index is 1090.